The molecule has 4 atom stereocenters. The van der Waals surface area contributed by atoms with Gasteiger partial charge in [-0.1, -0.05) is 30.3 Å². The predicted octanol–water partition coefficient (Wildman–Crippen LogP) is 0.797. The molecule has 2 unspecified atom stereocenters. The fourth-order valence-electron chi connectivity index (χ4n) is 2.33. The summed E-state index contributed by atoms with van der Waals surface area (Å²) in [5.74, 6) is 0.299. The number of carbonyl (C=O) groups excluding carboxylic acids is 1. The minimum atomic E-state index is -0.414. The van der Waals surface area contributed by atoms with Crippen molar-refractivity contribution in [3.63, 3.8) is 0 Å². The van der Waals surface area contributed by atoms with Crippen molar-refractivity contribution in [3.8, 4) is 0 Å². The molecule has 1 aromatic carbocycles. The highest BCUT2D eigenvalue weighted by Gasteiger charge is 2.41. The Hall–Kier alpha value is -1.88. The van der Waals surface area contributed by atoms with Crippen LogP contribution in [0.1, 0.15) is 32.4 Å². The van der Waals surface area contributed by atoms with Gasteiger partial charge in [-0.25, -0.2) is 0 Å². The highest BCUT2D eigenvalue weighted by atomic mass is 16.6. The van der Waals surface area contributed by atoms with Gasteiger partial charge in [-0.3, -0.25) is 4.79 Å². The van der Waals surface area contributed by atoms with Crippen LogP contribution in [-0.4, -0.2) is 31.3 Å². The summed E-state index contributed by atoms with van der Waals surface area (Å²) in [5, 5.41) is 0. The average Bonchev–Trinajstić information content (AvgIpc) is 2.45. The number of rotatable bonds is 4. The van der Waals surface area contributed by atoms with Crippen LogP contribution < -0.4 is 4.99 Å². The SMILES string of the molecule is COC(C1=[NH+]C(OC(C)=O)[C@@H](C)[C@H](C)O1)c1ccccc1. The van der Waals surface area contributed by atoms with Gasteiger partial charge in [0.1, 0.15) is 6.10 Å². The predicted molar refractivity (Wildman–Crippen MR) is 77.4 cm³/mol. The van der Waals surface area contributed by atoms with Crippen LogP contribution in [0.4, 0.5) is 0 Å². The Morgan fingerprint density at radius 1 is 1.29 bits per heavy atom. The molecule has 0 spiro atoms. The third kappa shape index (κ3) is 3.61. The van der Waals surface area contributed by atoms with Gasteiger partial charge >= 0.3 is 18.1 Å². The van der Waals surface area contributed by atoms with Crippen LogP contribution >= 0.6 is 0 Å². The lowest BCUT2D eigenvalue weighted by Gasteiger charge is -2.29. The third-order valence-electron chi connectivity index (χ3n) is 3.68. The standard InChI is InChI=1S/C16H21NO4/c1-10-11(2)20-16(17-15(10)21-12(3)18)14(19-4)13-8-6-5-7-9-13/h5-11,14-15H,1-4H3/p+1/t10-,11-,14?,15?/m0/s1. The van der Waals surface area contributed by atoms with Crippen molar-refractivity contribution in [2.24, 2.45) is 5.92 Å². The summed E-state index contributed by atoms with van der Waals surface area (Å²) >= 11 is 0. The summed E-state index contributed by atoms with van der Waals surface area (Å²) in [6, 6.07) is 9.77. The quantitative estimate of drug-likeness (QED) is 0.834. The molecule has 1 heterocycles. The third-order valence-corrected chi connectivity index (χ3v) is 3.68. The van der Waals surface area contributed by atoms with Gasteiger partial charge in [0, 0.05) is 14.0 Å². The first-order valence-corrected chi connectivity index (χ1v) is 7.08. The van der Waals surface area contributed by atoms with E-state index in [1.54, 1.807) is 7.11 Å². The molecule has 0 amide bonds. The molecule has 1 aliphatic rings. The number of benzene rings is 1. The fourth-order valence-corrected chi connectivity index (χ4v) is 2.33. The van der Waals surface area contributed by atoms with E-state index in [2.05, 4.69) is 4.99 Å². The van der Waals surface area contributed by atoms with Crippen molar-refractivity contribution in [2.45, 2.75) is 39.2 Å². The summed E-state index contributed by atoms with van der Waals surface area (Å²) in [7, 11) is 1.62. The maximum atomic E-state index is 11.2. The molecule has 0 fully saturated rings. The van der Waals surface area contributed by atoms with E-state index in [9.17, 15) is 4.79 Å². The Labute approximate surface area is 124 Å². The Bertz CT molecular complexity index is 514. The Morgan fingerprint density at radius 3 is 2.52 bits per heavy atom. The van der Waals surface area contributed by atoms with Gasteiger partial charge in [0.15, 0.2) is 0 Å². The second-order valence-electron chi connectivity index (χ2n) is 5.25. The van der Waals surface area contributed by atoms with Gasteiger partial charge in [-0.2, -0.15) is 4.99 Å². The highest BCUT2D eigenvalue weighted by molar-refractivity contribution is 5.77. The lowest BCUT2D eigenvalue weighted by Crippen LogP contribution is -2.87. The summed E-state index contributed by atoms with van der Waals surface area (Å²) < 4.78 is 16.8. The molecule has 2 rings (SSSR count). The largest absolute Gasteiger partial charge is 0.442 e. The van der Waals surface area contributed by atoms with E-state index in [0.29, 0.717) is 5.90 Å². The Kier molecular flexibility index (Phi) is 4.96. The van der Waals surface area contributed by atoms with Gasteiger partial charge in [-0.15, -0.1) is 0 Å². The molecule has 1 aromatic rings. The topological polar surface area (TPSA) is 58.7 Å². The number of esters is 1. The van der Waals surface area contributed by atoms with Crippen molar-refractivity contribution in [3.05, 3.63) is 35.9 Å². The number of hydrogen-bond acceptors (Lipinski definition) is 4. The zero-order valence-corrected chi connectivity index (χ0v) is 12.8. The average molecular weight is 292 g/mol. The summed E-state index contributed by atoms with van der Waals surface area (Å²) in [5.41, 5.74) is 0.978. The molecule has 0 radical (unpaired) electrons. The van der Waals surface area contributed by atoms with Crippen LogP contribution in [-0.2, 0) is 19.0 Å². The van der Waals surface area contributed by atoms with E-state index >= 15 is 0 Å². The highest BCUT2D eigenvalue weighted by Crippen LogP contribution is 2.22. The van der Waals surface area contributed by atoms with Crippen molar-refractivity contribution < 1.29 is 24.0 Å². The lowest BCUT2D eigenvalue weighted by molar-refractivity contribution is -0.587. The molecule has 0 bridgehead atoms. The molecular formula is C16H22NO4+. The van der Waals surface area contributed by atoms with Crippen molar-refractivity contribution in [1.82, 2.24) is 0 Å². The molecule has 0 aromatic heterocycles. The number of carbonyl (C=O) groups is 1. The minimum Gasteiger partial charge on any atom is -0.442 e. The first kappa shape index (κ1) is 15.5. The maximum Gasteiger partial charge on any atom is 0.372 e. The van der Waals surface area contributed by atoms with E-state index in [4.69, 9.17) is 14.2 Å². The summed E-state index contributed by atoms with van der Waals surface area (Å²) in [4.78, 5) is 14.4. The van der Waals surface area contributed by atoms with E-state index in [-0.39, 0.29) is 24.1 Å². The molecule has 114 valence electrons. The van der Waals surface area contributed by atoms with E-state index in [0.717, 1.165) is 5.56 Å². The van der Waals surface area contributed by atoms with E-state index in [1.807, 2.05) is 44.2 Å². The van der Waals surface area contributed by atoms with E-state index in [1.165, 1.54) is 6.92 Å². The molecule has 0 saturated heterocycles. The van der Waals surface area contributed by atoms with Crippen LogP contribution in [0.5, 0.6) is 0 Å². The molecule has 21 heavy (non-hydrogen) atoms. The molecule has 1 N–H and O–H groups in total. The second kappa shape index (κ2) is 6.72. The van der Waals surface area contributed by atoms with Gasteiger partial charge in [0.05, 0.1) is 5.92 Å². The molecule has 1 aliphatic heterocycles. The second-order valence-corrected chi connectivity index (χ2v) is 5.25. The smallest absolute Gasteiger partial charge is 0.372 e. The Balaban J connectivity index is 2.29. The van der Waals surface area contributed by atoms with Crippen LogP contribution in [0, 0.1) is 5.92 Å². The zero-order valence-electron chi connectivity index (χ0n) is 12.8. The van der Waals surface area contributed by atoms with Crippen LogP contribution in [0.3, 0.4) is 0 Å². The summed E-state index contributed by atoms with van der Waals surface area (Å²) in [6.07, 6.45) is -0.839. The molecule has 5 heteroatoms. The number of nitrogens with one attached hydrogen (secondary N) is 1. The van der Waals surface area contributed by atoms with Crippen LogP contribution in [0.2, 0.25) is 0 Å². The van der Waals surface area contributed by atoms with Crippen LogP contribution in [0.15, 0.2) is 30.3 Å². The Morgan fingerprint density at radius 2 is 1.95 bits per heavy atom. The normalized spacial score (nSPS) is 26.5. The first-order valence-electron chi connectivity index (χ1n) is 7.08. The van der Waals surface area contributed by atoms with Gasteiger partial charge in [0.25, 0.3) is 0 Å². The lowest BCUT2D eigenvalue weighted by atomic mass is 10.0. The molecule has 0 saturated carbocycles. The number of hydrogen-bond donors (Lipinski definition) is 1. The molecular weight excluding hydrogens is 270 g/mol. The molecule has 0 aliphatic carbocycles. The van der Waals surface area contributed by atoms with E-state index < -0.39 is 6.23 Å². The van der Waals surface area contributed by atoms with Crippen molar-refractivity contribution in [2.75, 3.05) is 7.11 Å². The van der Waals surface area contributed by atoms with Gasteiger partial charge in [-0.05, 0) is 19.4 Å². The zero-order chi connectivity index (χ0) is 15.4. The number of methoxy groups -OCH3 is 1. The number of ether oxygens (including phenoxy) is 3. The van der Waals surface area contributed by atoms with Crippen LogP contribution in [0.25, 0.3) is 0 Å². The summed E-state index contributed by atoms with van der Waals surface area (Å²) in [6.45, 7) is 5.34. The van der Waals surface area contributed by atoms with Crippen molar-refractivity contribution >= 4 is 11.9 Å². The van der Waals surface area contributed by atoms with Crippen molar-refractivity contribution in [1.29, 1.82) is 0 Å². The molecule has 5 nitrogen and oxygen atoms in total. The van der Waals surface area contributed by atoms with Gasteiger partial charge < -0.3 is 14.2 Å². The first-order chi connectivity index (χ1) is 10.0. The van der Waals surface area contributed by atoms with Gasteiger partial charge in [0.2, 0.25) is 6.10 Å². The maximum absolute atomic E-state index is 11.2. The fraction of sp³-hybridized carbons (Fsp3) is 0.500. The monoisotopic (exact) mass is 292 g/mol. The minimum absolute atomic E-state index is 0.0472.